The van der Waals surface area contributed by atoms with E-state index < -0.39 is 8.32 Å². The van der Waals surface area contributed by atoms with Crippen LogP contribution in [0.5, 0.6) is 5.75 Å². The summed E-state index contributed by atoms with van der Waals surface area (Å²) >= 11 is 0. The van der Waals surface area contributed by atoms with Crippen LogP contribution in [0.1, 0.15) is 18.9 Å². The molecule has 0 radical (unpaired) electrons. The van der Waals surface area contributed by atoms with Gasteiger partial charge < -0.3 is 13.9 Å². The van der Waals surface area contributed by atoms with E-state index in [0.29, 0.717) is 19.6 Å². The Kier molecular flexibility index (Phi) is 7.67. The average Bonchev–Trinajstić information content (AvgIpc) is 2.46. The molecule has 0 unspecified atom stereocenters. The molecule has 0 aliphatic carbocycles. The number of ether oxygens (including phenoxy) is 2. The molecule has 0 heterocycles. The maximum absolute atomic E-state index is 6.17. The zero-order valence-electron chi connectivity index (χ0n) is 14.4. The van der Waals surface area contributed by atoms with E-state index >= 15 is 0 Å². The summed E-state index contributed by atoms with van der Waals surface area (Å²) in [6.07, 6.45) is 6.18. The minimum atomic E-state index is -1.60. The zero-order valence-corrected chi connectivity index (χ0v) is 15.4. The van der Waals surface area contributed by atoms with Crippen LogP contribution in [0.15, 0.2) is 24.3 Å². The van der Waals surface area contributed by atoms with Crippen LogP contribution in [0.25, 0.3) is 0 Å². The molecule has 3 nitrogen and oxygen atoms in total. The van der Waals surface area contributed by atoms with Crippen LogP contribution in [0.4, 0.5) is 0 Å². The van der Waals surface area contributed by atoms with Gasteiger partial charge in [0.25, 0.3) is 0 Å². The molecule has 0 aliphatic heterocycles. The van der Waals surface area contributed by atoms with Crippen molar-refractivity contribution < 1.29 is 13.9 Å². The lowest BCUT2D eigenvalue weighted by atomic mass is 10.0. The third-order valence-electron chi connectivity index (χ3n) is 3.27. The second-order valence-electron chi connectivity index (χ2n) is 6.52. The first-order chi connectivity index (χ1) is 10.4. The van der Waals surface area contributed by atoms with Crippen molar-refractivity contribution in [2.24, 2.45) is 5.92 Å². The van der Waals surface area contributed by atoms with Crippen LogP contribution < -0.4 is 4.74 Å². The van der Waals surface area contributed by atoms with Crippen LogP contribution in [0.2, 0.25) is 19.6 Å². The molecule has 0 saturated carbocycles. The maximum Gasteiger partial charge on any atom is 0.184 e. The molecule has 0 fully saturated rings. The van der Waals surface area contributed by atoms with Crippen molar-refractivity contribution in [3.63, 3.8) is 0 Å². The van der Waals surface area contributed by atoms with Crippen LogP contribution in [0.3, 0.4) is 0 Å². The molecular weight excluding hydrogens is 292 g/mol. The molecule has 0 spiro atoms. The smallest absolute Gasteiger partial charge is 0.184 e. The highest BCUT2D eigenvalue weighted by atomic mass is 28.4. The standard InChI is InChI=1S/C18H28O3Si/c1-7-8-18(21-22(4,5)6)15(2)13-20-14-16-9-11-17(19-3)12-10-16/h1,9-12,15,18H,8,13-14H2,2-6H3/t15-,18+/m1/s1. The summed E-state index contributed by atoms with van der Waals surface area (Å²) in [4.78, 5) is 0. The number of benzene rings is 1. The summed E-state index contributed by atoms with van der Waals surface area (Å²) in [6, 6.07) is 7.91. The van der Waals surface area contributed by atoms with Gasteiger partial charge in [0.05, 0.1) is 26.4 Å². The van der Waals surface area contributed by atoms with E-state index in [1.165, 1.54) is 0 Å². The van der Waals surface area contributed by atoms with Crippen LogP contribution in [-0.2, 0) is 15.8 Å². The second-order valence-corrected chi connectivity index (χ2v) is 11.0. The molecule has 1 rings (SSSR count). The minimum Gasteiger partial charge on any atom is -0.497 e. The fraction of sp³-hybridized carbons (Fsp3) is 0.556. The number of hydrogen-bond donors (Lipinski definition) is 0. The Labute approximate surface area is 136 Å². The van der Waals surface area contributed by atoms with Gasteiger partial charge in [-0.2, -0.15) is 0 Å². The summed E-state index contributed by atoms with van der Waals surface area (Å²) in [5.74, 6) is 3.85. The first-order valence-electron chi connectivity index (χ1n) is 7.67. The third kappa shape index (κ3) is 7.12. The lowest BCUT2D eigenvalue weighted by Crippen LogP contribution is -2.36. The van der Waals surface area contributed by atoms with Crippen molar-refractivity contribution in [2.45, 2.75) is 45.7 Å². The molecule has 0 aromatic heterocycles. The van der Waals surface area contributed by atoms with Gasteiger partial charge in [0.2, 0.25) is 0 Å². The first kappa shape index (κ1) is 18.8. The van der Waals surface area contributed by atoms with Gasteiger partial charge in [-0.05, 0) is 37.3 Å². The van der Waals surface area contributed by atoms with Crippen LogP contribution in [-0.4, -0.2) is 28.1 Å². The van der Waals surface area contributed by atoms with Gasteiger partial charge in [-0.15, -0.1) is 12.3 Å². The monoisotopic (exact) mass is 320 g/mol. The van der Waals surface area contributed by atoms with Gasteiger partial charge >= 0.3 is 0 Å². The van der Waals surface area contributed by atoms with Gasteiger partial charge in [0, 0.05) is 12.3 Å². The summed E-state index contributed by atoms with van der Waals surface area (Å²) in [5, 5.41) is 0. The molecule has 2 atom stereocenters. The summed E-state index contributed by atoms with van der Waals surface area (Å²) in [6.45, 7) is 9.91. The number of hydrogen-bond acceptors (Lipinski definition) is 3. The average molecular weight is 321 g/mol. The molecule has 0 aliphatic rings. The molecule has 0 N–H and O–H groups in total. The fourth-order valence-corrected chi connectivity index (χ4v) is 3.34. The van der Waals surface area contributed by atoms with Crippen molar-refractivity contribution >= 4 is 8.32 Å². The van der Waals surface area contributed by atoms with Gasteiger partial charge in [-0.1, -0.05) is 19.1 Å². The molecular formula is C18H28O3Si. The lowest BCUT2D eigenvalue weighted by molar-refractivity contribution is 0.0387. The molecule has 0 amide bonds. The Balaban J connectivity index is 2.45. The second kappa shape index (κ2) is 8.99. The Bertz CT molecular complexity index is 471. The third-order valence-corrected chi connectivity index (χ3v) is 4.28. The highest BCUT2D eigenvalue weighted by Gasteiger charge is 2.25. The number of terminal acetylenes is 1. The highest BCUT2D eigenvalue weighted by molar-refractivity contribution is 6.69. The van der Waals surface area contributed by atoms with Gasteiger partial charge in [-0.25, -0.2) is 0 Å². The molecule has 22 heavy (non-hydrogen) atoms. The number of rotatable bonds is 9. The normalized spacial score (nSPS) is 14.2. The van der Waals surface area contributed by atoms with Crippen molar-refractivity contribution in [3.05, 3.63) is 29.8 Å². The van der Waals surface area contributed by atoms with E-state index in [4.69, 9.17) is 20.3 Å². The fourth-order valence-electron chi connectivity index (χ4n) is 2.12. The molecule has 4 heteroatoms. The highest BCUT2D eigenvalue weighted by Crippen LogP contribution is 2.18. The van der Waals surface area contributed by atoms with E-state index in [2.05, 4.69) is 32.5 Å². The van der Waals surface area contributed by atoms with E-state index in [9.17, 15) is 0 Å². The minimum absolute atomic E-state index is 0.0764. The molecule has 122 valence electrons. The number of methoxy groups -OCH3 is 1. The predicted octanol–water partition coefficient (Wildman–Crippen LogP) is 4.09. The van der Waals surface area contributed by atoms with E-state index in [0.717, 1.165) is 11.3 Å². The molecule has 0 saturated heterocycles. The van der Waals surface area contributed by atoms with Gasteiger partial charge in [0.15, 0.2) is 8.32 Å². The zero-order chi connectivity index (χ0) is 16.6. The summed E-state index contributed by atoms with van der Waals surface area (Å²) in [5.41, 5.74) is 1.13. The van der Waals surface area contributed by atoms with Crippen molar-refractivity contribution in [1.29, 1.82) is 0 Å². The van der Waals surface area contributed by atoms with Gasteiger partial charge in [-0.3, -0.25) is 0 Å². The van der Waals surface area contributed by atoms with Crippen LogP contribution >= 0.6 is 0 Å². The van der Waals surface area contributed by atoms with E-state index in [-0.39, 0.29) is 12.0 Å². The first-order valence-corrected chi connectivity index (χ1v) is 11.1. The van der Waals surface area contributed by atoms with E-state index in [1.54, 1.807) is 7.11 Å². The summed E-state index contributed by atoms with van der Waals surface area (Å²) < 4.78 is 17.1. The van der Waals surface area contributed by atoms with Crippen molar-refractivity contribution in [3.8, 4) is 18.1 Å². The predicted molar refractivity (Wildman–Crippen MR) is 93.5 cm³/mol. The summed E-state index contributed by atoms with van der Waals surface area (Å²) in [7, 11) is 0.0650. The largest absolute Gasteiger partial charge is 0.497 e. The molecule has 1 aromatic rings. The Morgan fingerprint density at radius 1 is 1.18 bits per heavy atom. The topological polar surface area (TPSA) is 27.7 Å². The Hall–Kier alpha value is -1.28. The molecule has 0 bridgehead atoms. The van der Waals surface area contributed by atoms with E-state index in [1.807, 2.05) is 24.3 Å². The lowest BCUT2D eigenvalue weighted by Gasteiger charge is -2.29. The molecule has 1 aromatic carbocycles. The van der Waals surface area contributed by atoms with Crippen LogP contribution in [0, 0.1) is 18.3 Å². The van der Waals surface area contributed by atoms with Crippen molar-refractivity contribution in [2.75, 3.05) is 13.7 Å². The Morgan fingerprint density at radius 2 is 1.82 bits per heavy atom. The Morgan fingerprint density at radius 3 is 2.32 bits per heavy atom. The van der Waals surface area contributed by atoms with Gasteiger partial charge in [0.1, 0.15) is 5.75 Å². The maximum atomic E-state index is 6.17. The quantitative estimate of drug-likeness (QED) is 0.506. The SMILES string of the molecule is C#CC[C@H](O[Si](C)(C)C)[C@H](C)COCc1ccc(OC)cc1. The van der Waals surface area contributed by atoms with Crippen molar-refractivity contribution in [1.82, 2.24) is 0 Å².